The molecule has 0 spiro atoms. The number of carbonyl (C=O) groups is 1. The quantitative estimate of drug-likeness (QED) is 0.460. The zero-order chi connectivity index (χ0) is 20.9. The minimum Gasteiger partial charge on any atom is -0.337 e. The first-order valence-corrected chi connectivity index (χ1v) is 9.93. The van der Waals surface area contributed by atoms with E-state index in [4.69, 9.17) is 4.52 Å². The molecular weight excluding hydrogens is 374 g/mol. The fourth-order valence-electron chi connectivity index (χ4n) is 3.34. The van der Waals surface area contributed by atoms with E-state index < -0.39 is 0 Å². The summed E-state index contributed by atoms with van der Waals surface area (Å²) in [7, 11) is 0. The molecule has 5 nitrogen and oxygen atoms in total. The van der Waals surface area contributed by atoms with Gasteiger partial charge in [0.1, 0.15) is 5.69 Å². The van der Waals surface area contributed by atoms with Crippen molar-refractivity contribution in [3.63, 3.8) is 0 Å². The van der Waals surface area contributed by atoms with Gasteiger partial charge in [0.15, 0.2) is 0 Å². The van der Waals surface area contributed by atoms with Gasteiger partial charge in [-0.05, 0) is 60.7 Å². The van der Waals surface area contributed by atoms with Gasteiger partial charge in [0.2, 0.25) is 11.8 Å². The Morgan fingerprint density at radius 1 is 0.933 bits per heavy atom. The summed E-state index contributed by atoms with van der Waals surface area (Å²) in [5, 5.41) is 7.20. The number of nitrogens with one attached hydrogen (secondary N) is 1. The van der Waals surface area contributed by atoms with Crippen LogP contribution in [-0.2, 0) is 11.2 Å². The average Bonchev–Trinajstić information content (AvgIpc) is 3.19. The standard InChI is InChI=1S/C25H23N3O2/c1-17-8-10-21(16-18(17)2)24-23(20-12-14-26-15-13-20)25(30-28-24)27-22(29)11-9-19-6-4-3-5-7-19/h3-8,10,12-16H,9,11H2,1-2H3,(H,27,29). The van der Waals surface area contributed by atoms with Gasteiger partial charge in [-0.15, -0.1) is 0 Å². The molecule has 0 saturated carbocycles. The smallest absolute Gasteiger partial charge is 0.239 e. The van der Waals surface area contributed by atoms with Crippen molar-refractivity contribution < 1.29 is 9.32 Å². The summed E-state index contributed by atoms with van der Waals surface area (Å²) in [5.41, 5.74) is 6.79. The van der Waals surface area contributed by atoms with Gasteiger partial charge in [-0.3, -0.25) is 15.1 Å². The third-order valence-corrected chi connectivity index (χ3v) is 5.18. The second-order valence-electron chi connectivity index (χ2n) is 7.30. The van der Waals surface area contributed by atoms with Gasteiger partial charge in [0.05, 0.1) is 5.56 Å². The fourth-order valence-corrected chi connectivity index (χ4v) is 3.34. The Balaban J connectivity index is 1.63. The number of nitrogens with zero attached hydrogens (tertiary/aromatic N) is 2. The number of aryl methyl sites for hydroxylation is 3. The maximum Gasteiger partial charge on any atom is 0.239 e. The van der Waals surface area contributed by atoms with Gasteiger partial charge in [-0.2, -0.15) is 0 Å². The van der Waals surface area contributed by atoms with Crippen LogP contribution >= 0.6 is 0 Å². The molecule has 4 rings (SSSR count). The lowest BCUT2D eigenvalue weighted by molar-refractivity contribution is -0.116. The number of carbonyl (C=O) groups excluding carboxylic acids is 1. The summed E-state index contributed by atoms with van der Waals surface area (Å²) in [6, 6.07) is 19.9. The van der Waals surface area contributed by atoms with E-state index in [0.717, 1.165) is 22.3 Å². The molecule has 2 aromatic carbocycles. The van der Waals surface area contributed by atoms with E-state index in [9.17, 15) is 4.79 Å². The van der Waals surface area contributed by atoms with Crippen LogP contribution in [0.25, 0.3) is 22.4 Å². The van der Waals surface area contributed by atoms with Crippen molar-refractivity contribution in [3.8, 4) is 22.4 Å². The lowest BCUT2D eigenvalue weighted by Gasteiger charge is -2.08. The highest BCUT2D eigenvalue weighted by molar-refractivity contribution is 5.97. The van der Waals surface area contributed by atoms with Gasteiger partial charge in [0.25, 0.3) is 0 Å². The van der Waals surface area contributed by atoms with E-state index in [1.165, 1.54) is 11.1 Å². The summed E-state index contributed by atoms with van der Waals surface area (Å²) in [5.74, 6) is 0.240. The first-order valence-electron chi connectivity index (χ1n) is 9.93. The fraction of sp³-hybridized carbons (Fsp3) is 0.160. The second-order valence-corrected chi connectivity index (χ2v) is 7.30. The van der Waals surface area contributed by atoms with Crippen LogP contribution in [0.2, 0.25) is 0 Å². The highest BCUT2D eigenvalue weighted by Gasteiger charge is 2.21. The monoisotopic (exact) mass is 397 g/mol. The Hall–Kier alpha value is -3.73. The topological polar surface area (TPSA) is 68.0 Å². The minimum atomic E-state index is -0.114. The Labute approximate surface area is 175 Å². The number of rotatable bonds is 6. The molecule has 150 valence electrons. The molecule has 0 aliphatic carbocycles. The molecule has 0 atom stereocenters. The van der Waals surface area contributed by atoms with Crippen LogP contribution in [0.5, 0.6) is 0 Å². The van der Waals surface area contributed by atoms with Gasteiger partial charge in [-0.1, -0.05) is 47.6 Å². The van der Waals surface area contributed by atoms with Crippen molar-refractivity contribution in [2.45, 2.75) is 26.7 Å². The van der Waals surface area contributed by atoms with Crippen molar-refractivity contribution in [2.24, 2.45) is 0 Å². The molecule has 1 N–H and O–H groups in total. The van der Waals surface area contributed by atoms with E-state index in [1.807, 2.05) is 48.5 Å². The molecule has 30 heavy (non-hydrogen) atoms. The molecule has 0 bridgehead atoms. The molecule has 0 saturated heterocycles. The summed E-state index contributed by atoms with van der Waals surface area (Å²) < 4.78 is 5.60. The van der Waals surface area contributed by atoms with Crippen LogP contribution in [0.3, 0.4) is 0 Å². The molecule has 0 radical (unpaired) electrons. The molecular formula is C25H23N3O2. The van der Waals surface area contributed by atoms with E-state index in [0.29, 0.717) is 24.4 Å². The Kier molecular flexibility index (Phi) is 5.70. The summed E-state index contributed by atoms with van der Waals surface area (Å²) in [4.78, 5) is 16.7. The summed E-state index contributed by atoms with van der Waals surface area (Å²) >= 11 is 0. The molecule has 5 heteroatoms. The number of hydrogen-bond acceptors (Lipinski definition) is 4. The zero-order valence-corrected chi connectivity index (χ0v) is 17.1. The lowest BCUT2D eigenvalue weighted by Crippen LogP contribution is -2.12. The number of hydrogen-bond donors (Lipinski definition) is 1. The molecule has 0 fully saturated rings. The maximum absolute atomic E-state index is 12.6. The number of pyridine rings is 1. The van der Waals surface area contributed by atoms with Crippen LogP contribution in [0.15, 0.2) is 77.6 Å². The highest BCUT2D eigenvalue weighted by atomic mass is 16.5. The van der Waals surface area contributed by atoms with Crippen LogP contribution < -0.4 is 5.32 Å². The first kappa shape index (κ1) is 19.6. The third-order valence-electron chi connectivity index (χ3n) is 5.18. The Bertz CT molecular complexity index is 1150. The zero-order valence-electron chi connectivity index (χ0n) is 17.1. The lowest BCUT2D eigenvalue weighted by atomic mass is 9.98. The van der Waals surface area contributed by atoms with Crippen molar-refractivity contribution in [1.29, 1.82) is 0 Å². The molecule has 1 amide bonds. The van der Waals surface area contributed by atoms with E-state index in [-0.39, 0.29) is 5.91 Å². The van der Waals surface area contributed by atoms with Crippen LogP contribution in [0, 0.1) is 13.8 Å². The van der Waals surface area contributed by atoms with Gasteiger partial charge in [-0.25, -0.2) is 0 Å². The van der Waals surface area contributed by atoms with Crippen LogP contribution in [-0.4, -0.2) is 16.0 Å². The average molecular weight is 397 g/mol. The molecule has 2 aromatic heterocycles. The van der Waals surface area contributed by atoms with Crippen molar-refractivity contribution in [2.75, 3.05) is 5.32 Å². The molecule has 2 heterocycles. The van der Waals surface area contributed by atoms with Gasteiger partial charge >= 0.3 is 0 Å². The van der Waals surface area contributed by atoms with E-state index in [1.54, 1.807) is 12.4 Å². The first-order chi connectivity index (χ1) is 14.6. The number of amides is 1. The largest absolute Gasteiger partial charge is 0.337 e. The molecule has 4 aromatic rings. The summed E-state index contributed by atoms with van der Waals surface area (Å²) in [6.07, 6.45) is 4.45. The predicted molar refractivity (Wildman–Crippen MR) is 118 cm³/mol. The number of benzene rings is 2. The SMILES string of the molecule is Cc1ccc(-c2noc(NC(=O)CCc3ccccc3)c2-c2ccncc2)cc1C. The maximum atomic E-state index is 12.6. The summed E-state index contributed by atoms with van der Waals surface area (Å²) in [6.45, 7) is 4.14. The normalized spacial score (nSPS) is 10.7. The van der Waals surface area contributed by atoms with E-state index >= 15 is 0 Å². The molecule has 0 aliphatic rings. The number of anilines is 1. The Morgan fingerprint density at radius 3 is 2.43 bits per heavy atom. The second kappa shape index (κ2) is 8.74. The van der Waals surface area contributed by atoms with E-state index in [2.05, 4.69) is 41.4 Å². The van der Waals surface area contributed by atoms with Gasteiger partial charge < -0.3 is 4.52 Å². The third kappa shape index (κ3) is 4.30. The van der Waals surface area contributed by atoms with Gasteiger partial charge in [0, 0.05) is 24.4 Å². The molecule has 0 unspecified atom stereocenters. The number of aromatic nitrogens is 2. The Morgan fingerprint density at radius 2 is 1.70 bits per heavy atom. The highest BCUT2D eigenvalue weighted by Crippen LogP contribution is 2.38. The van der Waals surface area contributed by atoms with Crippen LogP contribution in [0.1, 0.15) is 23.1 Å². The molecule has 0 aliphatic heterocycles. The predicted octanol–water partition coefficient (Wildman–Crippen LogP) is 5.59. The van der Waals surface area contributed by atoms with Crippen molar-refractivity contribution in [1.82, 2.24) is 10.1 Å². The van der Waals surface area contributed by atoms with Crippen molar-refractivity contribution in [3.05, 3.63) is 89.7 Å². The van der Waals surface area contributed by atoms with Crippen molar-refractivity contribution >= 4 is 11.8 Å². The minimum absolute atomic E-state index is 0.114. The van der Waals surface area contributed by atoms with Crippen LogP contribution in [0.4, 0.5) is 5.88 Å².